The largest absolute Gasteiger partial charge is 0.493 e. The number of hydrogen-bond acceptors (Lipinski definition) is 6. The molecule has 39 heavy (non-hydrogen) atoms. The lowest BCUT2D eigenvalue weighted by Gasteiger charge is -2.12. The van der Waals surface area contributed by atoms with Crippen LogP contribution in [0.4, 0.5) is 0 Å². The zero-order chi connectivity index (χ0) is 26.9. The first-order valence-electron chi connectivity index (χ1n) is 12.9. The highest BCUT2D eigenvalue weighted by atomic mass is 16.6. The van der Waals surface area contributed by atoms with Gasteiger partial charge in [-0.25, -0.2) is 0 Å². The molecular weight excluding hydrogens is 490 g/mol. The fourth-order valence-electron chi connectivity index (χ4n) is 5.15. The number of aromatic amines is 1. The number of oxime groups is 1. The Morgan fingerprint density at radius 1 is 0.821 bits per heavy atom. The van der Waals surface area contributed by atoms with Crippen molar-refractivity contribution in [2.24, 2.45) is 5.16 Å². The molecule has 1 aliphatic carbocycles. The van der Waals surface area contributed by atoms with Crippen LogP contribution in [0.15, 0.2) is 78.0 Å². The number of benzene rings is 4. The summed E-state index contributed by atoms with van der Waals surface area (Å²) in [6.45, 7) is 1.79. The van der Waals surface area contributed by atoms with E-state index in [1.54, 1.807) is 14.2 Å². The van der Waals surface area contributed by atoms with Crippen LogP contribution in [0.5, 0.6) is 17.2 Å². The Labute approximate surface area is 227 Å². The molecular formula is C32H31N3O4. The van der Waals surface area contributed by atoms with Crippen LogP contribution in [0.2, 0.25) is 0 Å². The highest BCUT2D eigenvalue weighted by molar-refractivity contribution is 6.30. The molecule has 0 amide bonds. The molecule has 0 fully saturated rings. The molecule has 0 bridgehead atoms. The second-order valence-electron chi connectivity index (χ2n) is 9.84. The van der Waals surface area contributed by atoms with Gasteiger partial charge in [-0.1, -0.05) is 47.6 Å². The molecule has 1 N–H and O–H groups in total. The van der Waals surface area contributed by atoms with Crippen LogP contribution in [0.1, 0.15) is 16.7 Å². The molecule has 0 spiro atoms. The van der Waals surface area contributed by atoms with E-state index in [0.717, 1.165) is 62.2 Å². The third-order valence-electron chi connectivity index (χ3n) is 7.12. The molecule has 1 heterocycles. The first-order valence-corrected chi connectivity index (χ1v) is 12.9. The van der Waals surface area contributed by atoms with Gasteiger partial charge in [-0.15, -0.1) is 0 Å². The molecule has 1 aliphatic rings. The molecule has 198 valence electrons. The first kappa shape index (κ1) is 24.8. The topological polar surface area (TPSA) is 68.3 Å². The summed E-state index contributed by atoms with van der Waals surface area (Å²) in [7, 11) is 7.35. The number of rotatable bonds is 9. The van der Waals surface area contributed by atoms with Crippen LogP contribution < -0.4 is 14.2 Å². The molecule has 0 aliphatic heterocycles. The van der Waals surface area contributed by atoms with E-state index in [1.807, 2.05) is 56.6 Å². The number of nitrogens with zero attached hydrogens (tertiary/aromatic N) is 2. The summed E-state index contributed by atoms with van der Waals surface area (Å²) in [5.74, 6) is 2.11. The maximum absolute atomic E-state index is 6.06. The van der Waals surface area contributed by atoms with E-state index >= 15 is 0 Å². The van der Waals surface area contributed by atoms with Gasteiger partial charge in [-0.05, 0) is 60.8 Å². The van der Waals surface area contributed by atoms with Crippen molar-refractivity contribution in [3.63, 3.8) is 0 Å². The molecule has 7 heteroatoms. The Morgan fingerprint density at radius 2 is 1.59 bits per heavy atom. The van der Waals surface area contributed by atoms with Gasteiger partial charge < -0.3 is 28.9 Å². The van der Waals surface area contributed by atoms with Gasteiger partial charge in [0.05, 0.1) is 19.9 Å². The molecule has 6 rings (SSSR count). The monoisotopic (exact) mass is 521 g/mol. The zero-order valence-corrected chi connectivity index (χ0v) is 22.6. The standard InChI is InChI=1S/C32H31N3O4/c1-35(2)14-15-38-22-12-13-27-26(16-22)30-31(33-27)24-17-28(36-3)29(37-4)18-25(24)32(30)34-39-19-21-10-7-9-20-8-5-6-11-23(20)21/h5-13,16-18,33H,14-15,19H2,1-4H3/b34-32-. The molecule has 0 unspecified atom stereocenters. The smallest absolute Gasteiger partial charge is 0.161 e. The van der Waals surface area contributed by atoms with Gasteiger partial charge in [0.2, 0.25) is 0 Å². The maximum Gasteiger partial charge on any atom is 0.161 e. The van der Waals surface area contributed by atoms with E-state index < -0.39 is 0 Å². The molecule has 4 aromatic carbocycles. The van der Waals surface area contributed by atoms with E-state index in [0.29, 0.717) is 24.7 Å². The van der Waals surface area contributed by atoms with Crippen molar-refractivity contribution in [1.29, 1.82) is 0 Å². The average molecular weight is 522 g/mol. The predicted octanol–water partition coefficient (Wildman–Crippen LogP) is 6.23. The number of likely N-dealkylation sites (N-methyl/N-ethyl adjacent to an activating group) is 1. The molecule has 0 saturated heterocycles. The Hall–Kier alpha value is -4.49. The lowest BCUT2D eigenvalue weighted by Crippen LogP contribution is -2.19. The fraction of sp³-hybridized carbons (Fsp3) is 0.219. The molecule has 0 saturated carbocycles. The number of methoxy groups -OCH3 is 2. The van der Waals surface area contributed by atoms with Crippen LogP contribution in [0, 0.1) is 0 Å². The van der Waals surface area contributed by atoms with Crippen molar-refractivity contribution in [2.75, 3.05) is 41.5 Å². The third-order valence-corrected chi connectivity index (χ3v) is 7.12. The SMILES string of the molecule is COc1cc2c(cc1OC)-c1[nH]c3ccc(OCCN(C)C)cc3c1/C2=N\OCc1cccc2ccccc12. The van der Waals surface area contributed by atoms with Crippen molar-refractivity contribution in [3.05, 3.63) is 89.5 Å². The second-order valence-corrected chi connectivity index (χ2v) is 9.84. The summed E-state index contributed by atoms with van der Waals surface area (Å²) in [6.07, 6.45) is 0. The van der Waals surface area contributed by atoms with E-state index in [2.05, 4.69) is 40.2 Å². The average Bonchev–Trinajstić information content (AvgIpc) is 3.46. The Bertz CT molecular complexity index is 1700. The van der Waals surface area contributed by atoms with Crippen molar-refractivity contribution in [1.82, 2.24) is 9.88 Å². The summed E-state index contributed by atoms with van der Waals surface area (Å²) in [6, 6.07) is 24.6. The quantitative estimate of drug-likeness (QED) is 0.229. The van der Waals surface area contributed by atoms with Gasteiger partial charge in [0.1, 0.15) is 24.7 Å². The maximum atomic E-state index is 6.06. The van der Waals surface area contributed by atoms with Crippen LogP contribution in [0.3, 0.4) is 0 Å². The van der Waals surface area contributed by atoms with Crippen molar-refractivity contribution < 1.29 is 19.0 Å². The summed E-state index contributed by atoms with van der Waals surface area (Å²) in [4.78, 5) is 11.7. The van der Waals surface area contributed by atoms with Crippen LogP contribution >= 0.6 is 0 Å². The van der Waals surface area contributed by atoms with Crippen molar-refractivity contribution in [2.45, 2.75) is 6.61 Å². The van der Waals surface area contributed by atoms with E-state index in [1.165, 1.54) is 5.39 Å². The van der Waals surface area contributed by atoms with Gasteiger partial charge >= 0.3 is 0 Å². The van der Waals surface area contributed by atoms with Crippen molar-refractivity contribution >= 4 is 27.4 Å². The van der Waals surface area contributed by atoms with Gasteiger partial charge in [0.15, 0.2) is 11.5 Å². The number of H-pyrrole nitrogens is 1. The van der Waals surface area contributed by atoms with Gasteiger partial charge in [0, 0.05) is 34.1 Å². The molecule has 1 aromatic heterocycles. The van der Waals surface area contributed by atoms with E-state index in [9.17, 15) is 0 Å². The minimum absolute atomic E-state index is 0.351. The number of hydrogen-bond donors (Lipinski definition) is 1. The Morgan fingerprint density at radius 3 is 2.38 bits per heavy atom. The Kier molecular flexibility index (Phi) is 6.59. The van der Waals surface area contributed by atoms with Gasteiger partial charge in [-0.2, -0.15) is 0 Å². The van der Waals surface area contributed by atoms with Crippen LogP contribution in [0.25, 0.3) is 32.9 Å². The Balaban J connectivity index is 1.42. The second kappa shape index (κ2) is 10.3. The minimum Gasteiger partial charge on any atom is -0.493 e. The van der Waals surface area contributed by atoms with Crippen LogP contribution in [-0.4, -0.2) is 57.1 Å². The van der Waals surface area contributed by atoms with E-state index in [4.69, 9.17) is 24.2 Å². The van der Waals surface area contributed by atoms with Crippen molar-refractivity contribution in [3.8, 4) is 28.5 Å². The van der Waals surface area contributed by atoms with E-state index in [-0.39, 0.29) is 0 Å². The summed E-state index contributed by atoms with van der Waals surface area (Å²) < 4.78 is 17.3. The summed E-state index contributed by atoms with van der Waals surface area (Å²) >= 11 is 0. The van der Waals surface area contributed by atoms with Gasteiger partial charge in [-0.3, -0.25) is 0 Å². The first-order chi connectivity index (χ1) is 19.1. The lowest BCUT2D eigenvalue weighted by molar-refractivity contribution is 0.132. The highest BCUT2D eigenvalue weighted by Gasteiger charge is 2.32. The number of fused-ring (bicyclic) bond motifs is 6. The molecule has 5 aromatic rings. The molecule has 0 atom stereocenters. The number of nitrogens with one attached hydrogen (secondary N) is 1. The fourth-order valence-corrected chi connectivity index (χ4v) is 5.15. The zero-order valence-electron chi connectivity index (χ0n) is 22.6. The molecule has 7 nitrogen and oxygen atoms in total. The summed E-state index contributed by atoms with van der Waals surface area (Å²) in [5, 5.41) is 8.09. The third kappa shape index (κ3) is 4.55. The number of ether oxygens (including phenoxy) is 3. The lowest BCUT2D eigenvalue weighted by atomic mass is 10.1. The normalized spacial score (nSPS) is 13.2. The van der Waals surface area contributed by atoms with Crippen LogP contribution in [-0.2, 0) is 11.4 Å². The number of aromatic nitrogens is 1. The van der Waals surface area contributed by atoms with Gasteiger partial charge in [0.25, 0.3) is 0 Å². The molecule has 0 radical (unpaired) electrons. The minimum atomic E-state index is 0.351. The highest BCUT2D eigenvalue weighted by Crippen LogP contribution is 2.46. The predicted molar refractivity (Wildman–Crippen MR) is 155 cm³/mol. The summed E-state index contributed by atoms with van der Waals surface area (Å²) in [5.41, 5.74) is 6.69.